The summed E-state index contributed by atoms with van der Waals surface area (Å²) in [6.07, 6.45) is 1.28. The maximum absolute atomic E-state index is 12.3. The van der Waals surface area contributed by atoms with Crippen molar-refractivity contribution >= 4 is 5.78 Å². The van der Waals surface area contributed by atoms with Crippen molar-refractivity contribution in [3.63, 3.8) is 0 Å². The van der Waals surface area contributed by atoms with Crippen LogP contribution >= 0.6 is 0 Å². The van der Waals surface area contributed by atoms with Gasteiger partial charge in [-0.2, -0.15) is 0 Å². The van der Waals surface area contributed by atoms with Crippen LogP contribution in [0.15, 0.2) is 24.3 Å². The molecule has 2 N–H and O–H groups in total. The SMILES string of the molecule is CCOc1cccc(C(=O)C(N)(CC)CC)c1. The molecule has 1 aromatic carbocycles. The number of carbonyl (C=O) groups excluding carboxylic acids is 1. The number of hydrogen-bond acceptors (Lipinski definition) is 3. The third-order valence-corrected chi connectivity index (χ3v) is 3.12. The van der Waals surface area contributed by atoms with Crippen LogP contribution < -0.4 is 10.5 Å². The fraction of sp³-hybridized carbons (Fsp3) is 0.500. The first-order valence-electron chi connectivity index (χ1n) is 6.14. The summed E-state index contributed by atoms with van der Waals surface area (Å²) in [5, 5.41) is 0. The highest BCUT2D eigenvalue weighted by Crippen LogP contribution is 2.21. The summed E-state index contributed by atoms with van der Waals surface area (Å²) in [6.45, 7) is 6.38. The van der Waals surface area contributed by atoms with E-state index in [0.717, 1.165) is 0 Å². The summed E-state index contributed by atoms with van der Waals surface area (Å²) in [5.74, 6) is 0.706. The van der Waals surface area contributed by atoms with E-state index < -0.39 is 5.54 Å². The number of nitrogens with two attached hydrogens (primary N) is 1. The van der Waals surface area contributed by atoms with E-state index in [1.54, 1.807) is 12.1 Å². The van der Waals surface area contributed by atoms with Crippen LogP contribution in [0.3, 0.4) is 0 Å². The third kappa shape index (κ3) is 3.07. The Morgan fingerprint density at radius 1 is 1.29 bits per heavy atom. The Labute approximate surface area is 103 Å². The standard InChI is InChI=1S/C14H21NO2/c1-4-14(15,5-2)13(16)11-8-7-9-12(10-11)17-6-3/h7-10H,4-6,15H2,1-3H3. The Hall–Kier alpha value is -1.35. The van der Waals surface area contributed by atoms with Gasteiger partial charge < -0.3 is 10.5 Å². The molecule has 17 heavy (non-hydrogen) atoms. The third-order valence-electron chi connectivity index (χ3n) is 3.12. The van der Waals surface area contributed by atoms with Gasteiger partial charge in [0.2, 0.25) is 0 Å². The minimum absolute atomic E-state index is 0.0101. The first kappa shape index (κ1) is 13.7. The Kier molecular flexibility index (Phi) is 4.70. The fourth-order valence-corrected chi connectivity index (χ4v) is 1.75. The van der Waals surface area contributed by atoms with Gasteiger partial charge >= 0.3 is 0 Å². The maximum Gasteiger partial charge on any atom is 0.182 e. The minimum Gasteiger partial charge on any atom is -0.494 e. The lowest BCUT2D eigenvalue weighted by Gasteiger charge is -2.25. The lowest BCUT2D eigenvalue weighted by atomic mass is 9.85. The topological polar surface area (TPSA) is 52.3 Å². The molecule has 0 aromatic heterocycles. The van der Waals surface area contributed by atoms with Crippen molar-refractivity contribution in [2.24, 2.45) is 5.73 Å². The molecule has 0 radical (unpaired) electrons. The molecule has 3 heteroatoms. The van der Waals surface area contributed by atoms with Crippen LogP contribution in [0.4, 0.5) is 0 Å². The second-order valence-corrected chi connectivity index (χ2v) is 4.15. The molecule has 0 aliphatic rings. The van der Waals surface area contributed by atoms with E-state index in [2.05, 4.69) is 0 Å². The predicted molar refractivity (Wildman–Crippen MR) is 69.4 cm³/mol. The van der Waals surface area contributed by atoms with E-state index in [1.807, 2.05) is 32.9 Å². The van der Waals surface area contributed by atoms with Gasteiger partial charge in [-0.05, 0) is 31.9 Å². The predicted octanol–water partition coefficient (Wildman–Crippen LogP) is 2.79. The average molecular weight is 235 g/mol. The molecule has 0 aliphatic carbocycles. The number of hydrogen-bond donors (Lipinski definition) is 1. The molecule has 0 fully saturated rings. The Balaban J connectivity index is 2.99. The molecule has 0 bridgehead atoms. The summed E-state index contributed by atoms with van der Waals surface area (Å²) in [6, 6.07) is 7.22. The zero-order chi connectivity index (χ0) is 12.9. The van der Waals surface area contributed by atoms with Gasteiger partial charge in [0, 0.05) is 5.56 Å². The number of benzene rings is 1. The monoisotopic (exact) mass is 235 g/mol. The normalized spacial score (nSPS) is 11.3. The van der Waals surface area contributed by atoms with Crippen molar-refractivity contribution in [1.29, 1.82) is 0 Å². The van der Waals surface area contributed by atoms with Crippen LogP contribution in [0.5, 0.6) is 5.75 Å². The van der Waals surface area contributed by atoms with Crippen molar-refractivity contribution in [2.45, 2.75) is 39.2 Å². The molecule has 0 unspecified atom stereocenters. The van der Waals surface area contributed by atoms with E-state index >= 15 is 0 Å². The summed E-state index contributed by atoms with van der Waals surface area (Å²) in [5.41, 5.74) is 5.97. The van der Waals surface area contributed by atoms with Gasteiger partial charge in [0.1, 0.15) is 5.75 Å². The summed E-state index contributed by atoms with van der Waals surface area (Å²) in [4.78, 5) is 12.3. The van der Waals surface area contributed by atoms with Crippen molar-refractivity contribution in [3.05, 3.63) is 29.8 Å². The lowest BCUT2D eigenvalue weighted by Crippen LogP contribution is -2.46. The molecule has 3 nitrogen and oxygen atoms in total. The highest BCUT2D eigenvalue weighted by Gasteiger charge is 2.30. The molecule has 0 spiro atoms. The zero-order valence-electron chi connectivity index (χ0n) is 10.8. The van der Waals surface area contributed by atoms with Crippen LogP contribution in [0, 0.1) is 0 Å². The Morgan fingerprint density at radius 3 is 2.47 bits per heavy atom. The number of Topliss-reactive ketones (excluding diaryl/α,β-unsaturated/α-hetero) is 1. The first-order chi connectivity index (χ1) is 8.07. The zero-order valence-corrected chi connectivity index (χ0v) is 10.8. The van der Waals surface area contributed by atoms with Crippen molar-refractivity contribution in [3.8, 4) is 5.75 Å². The van der Waals surface area contributed by atoms with Gasteiger partial charge in [0.15, 0.2) is 5.78 Å². The first-order valence-corrected chi connectivity index (χ1v) is 6.14. The molecule has 94 valence electrons. The molecule has 0 saturated carbocycles. The highest BCUT2D eigenvalue weighted by atomic mass is 16.5. The molecule has 0 amide bonds. The van der Waals surface area contributed by atoms with Crippen LogP contribution in [-0.4, -0.2) is 17.9 Å². The molecule has 1 rings (SSSR count). The van der Waals surface area contributed by atoms with Gasteiger partial charge in [0.25, 0.3) is 0 Å². The second-order valence-electron chi connectivity index (χ2n) is 4.15. The van der Waals surface area contributed by atoms with E-state index in [1.165, 1.54) is 0 Å². The van der Waals surface area contributed by atoms with Gasteiger partial charge in [-0.25, -0.2) is 0 Å². The molecule has 0 saturated heterocycles. The van der Waals surface area contributed by atoms with E-state index in [9.17, 15) is 4.79 Å². The van der Waals surface area contributed by atoms with Crippen molar-refractivity contribution < 1.29 is 9.53 Å². The van der Waals surface area contributed by atoms with Crippen LogP contribution in [0.2, 0.25) is 0 Å². The Morgan fingerprint density at radius 2 is 1.94 bits per heavy atom. The largest absolute Gasteiger partial charge is 0.494 e. The number of ether oxygens (including phenoxy) is 1. The smallest absolute Gasteiger partial charge is 0.182 e. The minimum atomic E-state index is -0.759. The maximum atomic E-state index is 12.3. The van der Waals surface area contributed by atoms with E-state index in [-0.39, 0.29) is 5.78 Å². The van der Waals surface area contributed by atoms with Crippen molar-refractivity contribution in [2.75, 3.05) is 6.61 Å². The summed E-state index contributed by atoms with van der Waals surface area (Å²) in [7, 11) is 0. The van der Waals surface area contributed by atoms with E-state index in [4.69, 9.17) is 10.5 Å². The highest BCUT2D eigenvalue weighted by molar-refractivity contribution is 6.03. The average Bonchev–Trinajstić information content (AvgIpc) is 2.37. The van der Waals surface area contributed by atoms with Crippen LogP contribution in [0.25, 0.3) is 0 Å². The number of ketones is 1. The van der Waals surface area contributed by atoms with Gasteiger partial charge in [0.05, 0.1) is 12.1 Å². The van der Waals surface area contributed by atoms with Crippen LogP contribution in [-0.2, 0) is 0 Å². The number of rotatable bonds is 6. The van der Waals surface area contributed by atoms with Gasteiger partial charge in [-0.1, -0.05) is 26.0 Å². The molecule has 1 aromatic rings. The lowest BCUT2D eigenvalue weighted by molar-refractivity contribution is 0.0879. The summed E-state index contributed by atoms with van der Waals surface area (Å²) < 4.78 is 5.38. The van der Waals surface area contributed by atoms with Crippen LogP contribution in [0.1, 0.15) is 44.0 Å². The molecule has 0 heterocycles. The second kappa shape index (κ2) is 5.82. The van der Waals surface area contributed by atoms with Gasteiger partial charge in [-0.3, -0.25) is 4.79 Å². The fourth-order valence-electron chi connectivity index (χ4n) is 1.75. The van der Waals surface area contributed by atoms with Gasteiger partial charge in [-0.15, -0.1) is 0 Å². The molecular formula is C14H21NO2. The molecular weight excluding hydrogens is 214 g/mol. The van der Waals surface area contributed by atoms with Crippen molar-refractivity contribution in [1.82, 2.24) is 0 Å². The number of carbonyl (C=O) groups is 1. The summed E-state index contributed by atoms with van der Waals surface area (Å²) >= 11 is 0. The quantitative estimate of drug-likeness (QED) is 0.771. The molecule has 0 aliphatic heterocycles. The van der Waals surface area contributed by atoms with E-state index in [0.29, 0.717) is 30.8 Å². The Bertz CT molecular complexity index is 384. The molecule has 0 atom stereocenters.